The molecule has 0 unspecified atom stereocenters. The van der Waals surface area contributed by atoms with E-state index in [1.165, 1.54) is 25.7 Å². The molecule has 1 aromatic rings. The number of nitrogens with one attached hydrogen (secondary N) is 1. The van der Waals surface area contributed by atoms with Crippen molar-refractivity contribution in [3.05, 3.63) is 24.0 Å². The summed E-state index contributed by atoms with van der Waals surface area (Å²) in [4.78, 5) is 18.7. The third-order valence-electron chi connectivity index (χ3n) is 4.25. The fourth-order valence-electron chi connectivity index (χ4n) is 2.89. The highest BCUT2D eigenvalue weighted by Crippen LogP contribution is 2.22. The zero-order chi connectivity index (χ0) is 15.1. The van der Waals surface area contributed by atoms with E-state index in [-0.39, 0.29) is 5.91 Å². The summed E-state index contributed by atoms with van der Waals surface area (Å²) in [6.45, 7) is 3.05. The molecule has 1 fully saturated rings. The fourth-order valence-corrected chi connectivity index (χ4v) is 2.89. The average Bonchev–Trinajstić information content (AvgIpc) is 2.81. The van der Waals surface area contributed by atoms with Crippen LogP contribution >= 0.6 is 0 Å². The molecule has 4 heteroatoms. The zero-order valence-corrected chi connectivity index (χ0v) is 13.3. The number of carbonyl (C=O) groups is 1. The first-order valence-electron chi connectivity index (χ1n) is 8.19. The predicted molar refractivity (Wildman–Crippen MR) is 86.6 cm³/mol. The van der Waals surface area contributed by atoms with E-state index in [1.807, 2.05) is 24.1 Å². The Hall–Kier alpha value is -1.58. The Balaban J connectivity index is 1.97. The van der Waals surface area contributed by atoms with E-state index in [0.29, 0.717) is 11.7 Å². The minimum Gasteiger partial charge on any atom is -0.384 e. The molecule has 0 radical (unpaired) electrons. The summed E-state index contributed by atoms with van der Waals surface area (Å²) in [6, 6.07) is 4.14. The van der Waals surface area contributed by atoms with E-state index in [2.05, 4.69) is 17.2 Å². The summed E-state index contributed by atoms with van der Waals surface area (Å²) in [5, 5.41) is 3.27. The molecule has 1 aliphatic rings. The van der Waals surface area contributed by atoms with Crippen molar-refractivity contribution in [2.45, 2.75) is 57.9 Å². The summed E-state index contributed by atoms with van der Waals surface area (Å²) in [5.41, 5.74) is 1.52. The molecule has 0 saturated heterocycles. The van der Waals surface area contributed by atoms with Crippen LogP contribution in [0.25, 0.3) is 0 Å². The van der Waals surface area contributed by atoms with Gasteiger partial charge in [0.15, 0.2) is 0 Å². The molecule has 0 aromatic carbocycles. The van der Waals surface area contributed by atoms with Gasteiger partial charge in [0.25, 0.3) is 5.91 Å². The number of rotatable bonds is 5. The maximum Gasteiger partial charge on any atom is 0.272 e. The number of aromatic nitrogens is 1. The quantitative estimate of drug-likeness (QED) is 0.841. The summed E-state index contributed by atoms with van der Waals surface area (Å²) in [7, 11) is 1.92. The normalized spacial score (nSPS) is 16.3. The molecule has 21 heavy (non-hydrogen) atoms. The second kappa shape index (κ2) is 8.01. The molecular formula is C17H27N3O. The Morgan fingerprint density at radius 3 is 2.57 bits per heavy atom. The lowest BCUT2D eigenvalue weighted by atomic mass is 10.1. The third kappa shape index (κ3) is 4.45. The highest BCUT2D eigenvalue weighted by atomic mass is 16.2. The SMILES string of the molecule is CCCNc1ccc(C(=O)N(C)C2CCCCCC2)nc1. The second-order valence-electron chi connectivity index (χ2n) is 5.92. The highest BCUT2D eigenvalue weighted by molar-refractivity contribution is 5.92. The monoisotopic (exact) mass is 289 g/mol. The summed E-state index contributed by atoms with van der Waals surface area (Å²) >= 11 is 0. The van der Waals surface area contributed by atoms with E-state index in [9.17, 15) is 4.79 Å². The van der Waals surface area contributed by atoms with Gasteiger partial charge in [-0.2, -0.15) is 0 Å². The summed E-state index contributed by atoms with van der Waals surface area (Å²) in [6.07, 6.45) is 10.1. The fraction of sp³-hybridized carbons (Fsp3) is 0.647. The van der Waals surface area contributed by atoms with Gasteiger partial charge in [-0.15, -0.1) is 0 Å². The molecule has 1 heterocycles. The van der Waals surface area contributed by atoms with Gasteiger partial charge in [0.05, 0.1) is 11.9 Å². The predicted octanol–water partition coefficient (Wildman–Crippen LogP) is 3.70. The van der Waals surface area contributed by atoms with Crippen molar-refractivity contribution in [3.63, 3.8) is 0 Å². The lowest BCUT2D eigenvalue weighted by molar-refractivity contribution is 0.0712. The van der Waals surface area contributed by atoms with Crippen molar-refractivity contribution in [1.82, 2.24) is 9.88 Å². The number of hydrogen-bond donors (Lipinski definition) is 1. The number of pyridine rings is 1. The standard InChI is InChI=1S/C17H27N3O/c1-3-12-18-14-10-11-16(19-13-14)17(21)20(2)15-8-6-4-5-7-9-15/h10-11,13,15,18H,3-9,12H2,1-2H3. The Morgan fingerprint density at radius 2 is 2.00 bits per heavy atom. The molecule has 0 aliphatic heterocycles. The maximum atomic E-state index is 12.5. The number of hydrogen-bond acceptors (Lipinski definition) is 3. The number of carbonyl (C=O) groups excluding carboxylic acids is 1. The minimum absolute atomic E-state index is 0.0453. The molecule has 0 bridgehead atoms. The van der Waals surface area contributed by atoms with Crippen molar-refractivity contribution in [2.24, 2.45) is 0 Å². The average molecular weight is 289 g/mol. The Morgan fingerprint density at radius 1 is 1.29 bits per heavy atom. The number of anilines is 1. The smallest absolute Gasteiger partial charge is 0.272 e. The molecular weight excluding hydrogens is 262 g/mol. The first kappa shape index (κ1) is 15.8. The van der Waals surface area contributed by atoms with Gasteiger partial charge in [-0.05, 0) is 31.4 Å². The van der Waals surface area contributed by atoms with Crippen molar-refractivity contribution < 1.29 is 4.79 Å². The molecule has 1 aliphatic carbocycles. The first-order chi connectivity index (χ1) is 10.2. The third-order valence-corrected chi connectivity index (χ3v) is 4.25. The molecule has 1 aromatic heterocycles. The van der Waals surface area contributed by atoms with Crippen LogP contribution < -0.4 is 5.32 Å². The van der Waals surface area contributed by atoms with Crippen LogP contribution in [-0.4, -0.2) is 35.4 Å². The van der Waals surface area contributed by atoms with Crippen LogP contribution in [0.2, 0.25) is 0 Å². The Kier molecular flexibility index (Phi) is 6.03. The highest BCUT2D eigenvalue weighted by Gasteiger charge is 2.22. The molecule has 0 spiro atoms. The van der Waals surface area contributed by atoms with Gasteiger partial charge >= 0.3 is 0 Å². The van der Waals surface area contributed by atoms with Crippen LogP contribution in [0.15, 0.2) is 18.3 Å². The summed E-state index contributed by atoms with van der Waals surface area (Å²) < 4.78 is 0. The molecule has 1 amide bonds. The topological polar surface area (TPSA) is 45.2 Å². The van der Waals surface area contributed by atoms with Gasteiger partial charge in [-0.3, -0.25) is 4.79 Å². The van der Waals surface area contributed by atoms with Crippen molar-refractivity contribution in [2.75, 3.05) is 18.9 Å². The Bertz CT molecular complexity index is 436. The Labute approximate surface area is 127 Å². The molecule has 2 rings (SSSR count). The summed E-state index contributed by atoms with van der Waals surface area (Å²) in [5.74, 6) is 0.0453. The number of amides is 1. The molecule has 1 N–H and O–H groups in total. The van der Waals surface area contributed by atoms with Gasteiger partial charge in [-0.1, -0.05) is 32.6 Å². The first-order valence-corrected chi connectivity index (χ1v) is 8.19. The van der Waals surface area contributed by atoms with Gasteiger partial charge in [0, 0.05) is 19.6 Å². The van der Waals surface area contributed by atoms with Gasteiger partial charge in [-0.25, -0.2) is 4.98 Å². The molecule has 1 saturated carbocycles. The van der Waals surface area contributed by atoms with E-state index >= 15 is 0 Å². The zero-order valence-electron chi connectivity index (χ0n) is 13.3. The van der Waals surface area contributed by atoms with Crippen LogP contribution in [0, 0.1) is 0 Å². The van der Waals surface area contributed by atoms with Crippen LogP contribution in [0.1, 0.15) is 62.4 Å². The lowest BCUT2D eigenvalue weighted by Crippen LogP contribution is -2.37. The largest absolute Gasteiger partial charge is 0.384 e. The molecule has 116 valence electrons. The lowest BCUT2D eigenvalue weighted by Gasteiger charge is -2.27. The second-order valence-corrected chi connectivity index (χ2v) is 5.92. The van der Waals surface area contributed by atoms with E-state index < -0.39 is 0 Å². The van der Waals surface area contributed by atoms with Crippen LogP contribution in [0.3, 0.4) is 0 Å². The van der Waals surface area contributed by atoms with Crippen LogP contribution in [0.5, 0.6) is 0 Å². The van der Waals surface area contributed by atoms with E-state index in [1.54, 1.807) is 6.20 Å². The molecule has 0 atom stereocenters. The molecule has 4 nitrogen and oxygen atoms in total. The number of nitrogens with zero attached hydrogens (tertiary/aromatic N) is 2. The van der Waals surface area contributed by atoms with Crippen LogP contribution in [-0.2, 0) is 0 Å². The maximum absolute atomic E-state index is 12.5. The van der Waals surface area contributed by atoms with Crippen molar-refractivity contribution in [1.29, 1.82) is 0 Å². The van der Waals surface area contributed by atoms with Gasteiger partial charge in [0.1, 0.15) is 5.69 Å². The van der Waals surface area contributed by atoms with Crippen molar-refractivity contribution >= 4 is 11.6 Å². The van der Waals surface area contributed by atoms with E-state index in [0.717, 1.165) is 31.5 Å². The van der Waals surface area contributed by atoms with Gasteiger partial charge in [0.2, 0.25) is 0 Å². The van der Waals surface area contributed by atoms with E-state index in [4.69, 9.17) is 0 Å². The van der Waals surface area contributed by atoms with Gasteiger partial charge < -0.3 is 10.2 Å². The van der Waals surface area contributed by atoms with Crippen molar-refractivity contribution in [3.8, 4) is 0 Å². The van der Waals surface area contributed by atoms with Crippen LogP contribution in [0.4, 0.5) is 5.69 Å². The minimum atomic E-state index is 0.0453.